The van der Waals surface area contributed by atoms with Crippen LogP contribution >= 0.6 is 27.3 Å². The summed E-state index contributed by atoms with van der Waals surface area (Å²) in [7, 11) is 0.667. The SMILES string of the molecule is COC(=O)c1c(-c2ccc(Br)cc2)csc1NC(=O)C(F)(F)C(F)(F)C(F)(F)C(F)(F)C(F)(F)C(F)(F)C(F)(F)C(F)(F)F. The predicted molar refractivity (Wildman–Crippen MR) is 118 cm³/mol. The van der Waals surface area contributed by atoms with Gasteiger partial charge in [0.25, 0.3) is 0 Å². The Morgan fingerprint density at radius 2 is 1.09 bits per heavy atom. The average molecular weight is 758 g/mol. The third-order valence-corrected chi connectivity index (χ3v) is 6.99. The Bertz CT molecular complexity index is 1400. The topological polar surface area (TPSA) is 55.4 Å². The van der Waals surface area contributed by atoms with Gasteiger partial charge in [0.05, 0.1) is 7.11 Å². The van der Waals surface area contributed by atoms with Crippen LogP contribution in [0.4, 0.5) is 79.6 Å². The van der Waals surface area contributed by atoms with Gasteiger partial charge < -0.3 is 10.1 Å². The van der Waals surface area contributed by atoms with Crippen LogP contribution in [0.15, 0.2) is 34.1 Å². The monoisotopic (exact) mass is 757 g/mol. The highest BCUT2D eigenvalue weighted by Gasteiger charge is 2.95. The van der Waals surface area contributed by atoms with Crippen LogP contribution in [0.5, 0.6) is 0 Å². The number of thiophene rings is 1. The van der Waals surface area contributed by atoms with Crippen LogP contribution in [-0.2, 0) is 9.53 Å². The Kier molecular flexibility index (Phi) is 9.50. The second kappa shape index (κ2) is 11.2. The second-order valence-corrected chi connectivity index (χ2v) is 10.1. The van der Waals surface area contributed by atoms with Crippen LogP contribution in [0.1, 0.15) is 10.4 Å². The molecule has 0 atom stereocenters. The molecule has 0 aliphatic heterocycles. The van der Waals surface area contributed by atoms with Crippen molar-refractivity contribution in [2.24, 2.45) is 0 Å². The molecular weight excluding hydrogens is 749 g/mol. The first-order chi connectivity index (χ1) is 19.5. The van der Waals surface area contributed by atoms with Crippen LogP contribution in [-0.4, -0.2) is 66.6 Å². The summed E-state index contributed by atoms with van der Waals surface area (Å²) in [5.41, 5.74) is -1.21. The average Bonchev–Trinajstić information content (AvgIpc) is 3.30. The molecule has 44 heavy (non-hydrogen) atoms. The van der Waals surface area contributed by atoms with Gasteiger partial charge in [-0.2, -0.15) is 74.6 Å². The lowest BCUT2D eigenvalue weighted by molar-refractivity contribution is -0.459. The Morgan fingerprint density at radius 1 is 0.682 bits per heavy atom. The third kappa shape index (κ3) is 5.36. The zero-order chi connectivity index (χ0) is 34.7. The third-order valence-electron chi connectivity index (χ3n) is 5.57. The zero-order valence-electron chi connectivity index (χ0n) is 20.3. The minimum absolute atomic E-state index is 0.0322. The zero-order valence-corrected chi connectivity index (χ0v) is 22.7. The van der Waals surface area contributed by atoms with Crippen molar-refractivity contribution in [2.75, 3.05) is 12.4 Å². The fraction of sp³-hybridized carbons (Fsp3) is 0.429. The Labute approximate surface area is 244 Å². The smallest absolute Gasteiger partial charge is 0.460 e. The molecule has 1 aromatic carbocycles. The van der Waals surface area contributed by atoms with E-state index >= 15 is 0 Å². The molecule has 0 spiro atoms. The standard InChI is InChI=1S/C21H9BrF17NO3S/c1-43-12(41)10-9(7-2-4-8(22)5-3-7)6-44-11(10)40-13(42)14(23,24)15(25,26)16(27,28)17(29,30)18(31,32)19(33,34)20(35,36)21(37,38)39/h2-6H,1H3,(H,40,42). The van der Waals surface area contributed by atoms with Crippen molar-refractivity contribution >= 4 is 44.1 Å². The molecule has 0 aliphatic rings. The molecule has 0 saturated carbocycles. The van der Waals surface area contributed by atoms with Crippen molar-refractivity contribution in [2.45, 2.75) is 47.6 Å². The molecule has 0 radical (unpaired) electrons. The molecule has 0 fully saturated rings. The molecule has 1 amide bonds. The summed E-state index contributed by atoms with van der Waals surface area (Å²) in [5.74, 6) is -64.2. The van der Waals surface area contributed by atoms with E-state index < -0.39 is 70.1 Å². The molecule has 2 rings (SSSR count). The number of benzene rings is 1. The lowest BCUT2D eigenvalue weighted by Gasteiger charge is -2.42. The largest absolute Gasteiger partial charge is 0.465 e. The minimum Gasteiger partial charge on any atom is -0.465 e. The van der Waals surface area contributed by atoms with Crippen molar-refractivity contribution in [3.8, 4) is 11.1 Å². The summed E-state index contributed by atoms with van der Waals surface area (Å²) < 4.78 is 234. The first-order valence-corrected chi connectivity index (χ1v) is 12.1. The van der Waals surface area contributed by atoms with Crippen molar-refractivity contribution in [3.05, 3.63) is 39.7 Å². The van der Waals surface area contributed by atoms with E-state index in [0.717, 1.165) is 10.7 Å². The summed E-state index contributed by atoms with van der Waals surface area (Å²) in [4.78, 5) is 24.2. The maximum absolute atomic E-state index is 14.4. The van der Waals surface area contributed by atoms with Gasteiger partial charge in [0, 0.05) is 15.4 Å². The van der Waals surface area contributed by atoms with Gasteiger partial charge in [0.1, 0.15) is 10.6 Å². The molecule has 0 bridgehead atoms. The van der Waals surface area contributed by atoms with Crippen molar-refractivity contribution in [3.63, 3.8) is 0 Å². The van der Waals surface area contributed by atoms with E-state index in [0.29, 0.717) is 11.6 Å². The number of amides is 1. The number of hydrogen-bond donors (Lipinski definition) is 1. The lowest BCUT2D eigenvalue weighted by atomic mass is 9.89. The summed E-state index contributed by atoms with van der Waals surface area (Å²) in [5, 5.41) is 0.406. The van der Waals surface area contributed by atoms with E-state index in [4.69, 9.17) is 0 Å². The Morgan fingerprint density at radius 3 is 1.50 bits per heavy atom. The first kappa shape index (κ1) is 37.3. The molecule has 1 heterocycles. The van der Waals surface area contributed by atoms with Gasteiger partial charge in [-0.3, -0.25) is 4.79 Å². The van der Waals surface area contributed by atoms with E-state index in [1.54, 1.807) is 0 Å². The summed E-state index contributed by atoms with van der Waals surface area (Å²) in [6, 6.07) is 5.17. The number of rotatable bonds is 10. The van der Waals surface area contributed by atoms with Gasteiger partial charge >= 0.3 is 59.5 Å². The number of anilines is 1. The molecule has 1 N–H and O–H groups in total. The second-order valence-electron chi connectivity index (χ2n) is 8.32. The number of nitrogens with one attached hydrogen (secondary N) is 1. The van der Waals surface area contributed by atoms with E-state index in [2.05, 4.69) is 20.7 Å². The van der Waals surface area contributed by atoms with Gasteiger partial charge in [-0.05, 0) is 17.7 Å². The van der Waals surface area contributed by atoms with Crippen molar-refractivity contribution in [1.82, 2.24) is 0 Å². The van der Waals surface area contributed by atoms with Gasteiger partial charge in [0.15, 0.2) is 0 Å². The molecule has 1 aromatic heterocycles. The molecule has 0 saturated heterocycles. The summed E-state index contributed by atoms with van der Waals surface area (Å²) >= 11 is 3.07. The number of carbonyl (C=O) groups is 2. The molecule has 23 heteroatoms. The molecule has 0 unspecified atom stereocenters. The molecule has 0 aliphatic carbocycles. The van der Waals surface area contributed by atoms with E-state index in [1.807, 2.05) is 0 Å². The highest BCUT2D eigenvalue weighted by atomic mass is 79.9. The van der Waals surface area contributed by atoms with Crippen LogP contribution in [0, 0.1) is 0 Å². The van der Waals surface area contributed by atoms with Gasteiger partial charge in [-0.15, -0.1) is 11.3 Å². The van der Waals surface area contributed by atoms with Crippen molar-refractivity contribution < 1.29 is 89.0 Å². The summed E-state index contributed by atoms with van der Waals surface area (Å²) in [6.45, 7) is 0. The van der Waals surface area contributed by atoms with Gasteiger partial charge in [-0.1, -0.05) is 28.1 Å². The number of alkyl halides is 17. The quantitative estimate of drug-likeness (QED) is 0.195. The van der Waals surface area contributed by atoms with Crippen LogP contribution in [0.2, 0.25) is 0 Å². The number of hydrogen-bond acceptors (Lipinski definition) is 4. The van der Waals surface area contributed by atoms with Gasteiger partial charge in [-0.25, -0.2) is 4.79 Å². The number of methoxy groups -OCH3 is 1. The van der Waals surface area contributed by atoms with Crippen LogP contribution in [0.25, 0.3) is 11.1 Å². The number of halogens is 18. The van der Waals surface area contributed by atoms with Crippen LogP contribution in [0.3, 0.4) is 0 Å². The maximum Gasteiger partial charge on any atom is 0.460 e. The number of esters is 1. The fourth-order valence-electron chi connectivity index (χ4n) is 3.08. The van der Waals surface area contributed by atoms with E-state index in [-0.39, 0.29) is 22.5 Å². The Balaban J connectivity index is 2.60. The maximum atomic E-state index is 14.4. The van der Waals surface area contributed by atoms with Crippen LogP contribution < -0.4 is 5.32 Å². The summed E-state index contributed by atoms with van der Waals surface area (Å²) in [6.07, 6.45) is -7.88. The van der Waals surface area contributed by atoms with Gasteiger partial charge in [0.2, 0.25) is 0 Å². The number of carbonyl (C=O) groups excluding carboxylic acids is 2. The Hall–Kier alpha value is -2.85. The minimum atomic E-state index is -8.83. The van der Waals surface area contributed by atoms with E-state index in [9.17, 15) is 84.2 Å². The predicted octanol–water partition coefficient (Wildman–Crippen LogP) is 8.91. The van der Waals surface area contributed by atoms with Crippen molar-refractivity contribution in [1.29, 1.82) is 0 Å². The normalized spacial score (nSPS) is 14.4. The highest BCUT2D eigenvalue weighted by molar-refractivity contribution is 9.10. The highest BCUT2D eigenvalue weighted by Crippen LogP contribution is 2.64. The first-order valence-electron chi connectivity index (χ1n) is 10.5. The molecule has 248 valence electrons. The molecule has 4 nitrogen and oxygen atoms in total. The molecular formula is C21H9BrF17NO3S. The van der Waals surface area contributed by atoms with E-state index in [1.165, 1.54) is 24.3 Å². The number of ether oxygens (including phenoxy) is 1. The lowest BCUT2D eigenvalue weighted by Crippen LogP contribution is -2.75. The molecule has 2 aromatic rings. The fourth-order valence-corrected chi connectivity index (χ4v) is 4.30.